The van der Waals surface area contributed by atoms with E-state index in [0.29, 0.717) is 22.1 Å². The molecule has 0 saturated carbocycles. The first-order valence-corrected chi connectivity index (χ1v) is 11.3. The van der Waals surface area contributed by atoms with E-state index in [9.17, 15) is 9.18 Å². The molecule has 1 aliphatic heterocycles. The van der Waals surface area contributed by atoms with Crippen molar-refractivity contribution < 1.29 is 13.9 Å². The van der Waals surface area contributed by atoms with Crippen molar-refractivity contribution in [2.24, 2.45) is 0 Å². The molecule has 2 heterocycles. The van der Waals surface area contributed by atoms with Crippen molar-refractivity contribution in [3.63, 3.8) is 0 Å². The van der Waals surface area contributed by atoms with Crippen LogP contribution in [0.3, 0.4) is 0 Å². The molecule has 1 aromatic heterocycles. The van der Waals surface area contributed by atoms with Gasteiger partial charge in [0.1, 0.15) is 5.82 Å². The van der Waals surface area contributed by atoms with Crippen molar-refractivity contribution >= 4 is 23.4 Å². The van der Waals surface area contributed by atoms with Crippen LogP contribution in [0.5, 0.6) is 5.88 Å². The van der Waals surface area contributed by atoms with Crippen molar-refractivity contribution in [2.75, 3.05) is 10.7 Å². The van der Waals surface area contributed by atoms with Crippen LogP contribution < -0.4 is 9.64 Å². The fourth-order valence-corrected chi connectivity index (χ4v) is 4.28. The number of rotatable bonds is 6. The second kappa shape index (κ2) is 9.43. The molecule has 0 N–H and O–H groups in total. The zero-order valence-electron chi connectivity index (χ0n) is 17.4. The van der Waals surface area contributed by atoms with E-state index in [0.717, 1.165) is 25.0 Å². The lowest BCUT2D eigenvalue weighted by atomic mass is 10.1. The van der Waals surface area contributed by atoms with Gasteiger partial charge in [-0.15, -0.1) is 10.2 Å². The number of hydrogen-bond donors (Lipinski definition) is 0. The SMILES string of the molecule is CCCCCSc1nnc2c(n1)OC(c1ccccc1F)N(C(C)=O)c1ccccc1-2. The Morgan fingerprint density at radius 2 is 1.90 bits per heavy atom. The molecule has 0 aliphatic carbocycles. The molecule has 4 rings (SSSR count). The molecule has 1 aliphatic rings. The van der Waals surface area contributed by atoms with Gasteiger partial charge in [0.2, 0.25) is 23.2 Å². The normalized spacial score (nSPS) is 14.9. The average Bonchev–Trinajstić information content (AvgIpc) is 2.91. The lowest BCUT2D eigenvalue weighted by Crippen LogP contribution is -2.36. The van der Waals surface area contributed by atoms with E-state index >= 15 is 0 Å². The number of unbranched alkanes of at least 4 members (excludes halogenated alkanes) is 2. The molecule has 1 amide bonds. The maximum Gasteiger partial charge on any atom is 0.247 e. The van der Waals surface area contributed by atoms with Crippen LogP contribution in [0.2, 0.25) is 0 Å². The molecular formula is C23H23FN4O2S. The minimum absolute atomic E-state index is 0.234. The van der Waals surface area contributed by atoms with Crippen molar-refractivity contribution in [3.05, 3.63) is 59.9 Å². The first-order chi connectivity index (χ1) is 15.1. The summed E-state index contributed by atoms with van der Waals surface area (Å²) in [7, 11) is 0. The van der Waals surface area contributed by atoms with E-state index in [2.05, 4.69) is 22.1 Å². The number of amides is 1. The summed E-state index contributed by atoms with van der Waals surface area (Å²) < 4.78 is 20.9. The highest BCUT2D eigenvalue weighted by Crippen LogP contribution is 2.43. The van der Waals surface area contributed by atoms with Crippen molar-refractivity contribution in [1.29, 1.82) is 0 Å². The zero-order valence-corrected chi connectivity index (χ0v) is 18.2. The Labute approximate surface area is 184 Å². The van der Waals surface area contributed by atoms with Crippen LogP contribution in [0.15, 0.2) is 53.7 Å². The Morgan fingerprint density at radius 1 is 1.13 bits per heavy atom. The molecule has 0 bridgehead atoms. The molecule has 0 fully saturated rings. The summed E-state index contributed by atoms with van der Waals surface area (Å²) in [5, 5.41) is 9.13. The van der Waals surface area contributed by atoms with Gasteiger partial charge in [-0.05, 0) is 18.6 Å². The summed E-state index contributed by atoms with van der Waals surface area (Å²) in [5.74, 6) is 0.366. The largest absolute Gasteiger partial charge is 0.447 e. The van der Waals surface area contributed by atoms with E-state index in [-0.39, 0.29) is 17.4 Å². The van der Waals surface area contributed by atoms with Gasteiger partial charge in [0.25, 0.3) is 0 Å². The van der Waals surface area contributed by atoms with Gasteiger partial charge in [0.05, 0.1) is 5.69 Å². The van der Waals surface area contributed by atoms with Crippen molar-refractivity contribution in [2.45, 2.75) is 44.5 Å². The number of ether oxygens (including phenoxy) is 1. The lowest BCUT2D eigenvalue weighted by molar-refractivity contribution is -0.118. The minimum atomic E-state index is -1.02. The van der Waals surface area contributed by atoms with Gasteiger partial charge in [-0.25, -0.2) is 4.39 Å². The van der Waals surface area contributed by atoms with Gasteiger partial charge >= 0.3 is 0 Å². The van der Waals surface area contributed by atoms with E-state index in [1.807, 2.05) is 18.2 Å². The maximum absolute atomic E-state index is 14.7. The number of hydrogen-bond acceptors (Lipinski definition) is 6. The summed E-state index contributed by atoms with van der Waals surface area (Å²) in [6.07, 6.45) is 2.31. The van der Waals surface area contributed by atoms with E-state index in [4.69, 9.17) is 4.74 Å². The molecular weight excluding hydrogens is 415 g/mol. The number of halogens is 1. The number of thioether (sulfide) groups is 1. The second-order valence-electron chi connectivity index (χ2n) is 7.20. The fourth-order valence-electron chi connectivity index (χ4n) is 3.51. The quantitative estimate of drug-likeness (QED) is 0.379. The third-order valence-corrected chi connectivity index (χ3v) is 5.93. The molecule has 0 saturated heterocycles. The average molecular weight is 439 g/mol. The Bertz CT molecular complexity index is 1090. The van der Waals surface area contributed by atoms with Gasteiger partial charge < -0.3 is 4.74 Å². The smallest absolute Gasteiger partial charge is 0.247 e. The predicted octanol–water partition coefficient (Wildman–Crippen LogP) is 5.40. The number of para-hydroxylation sites is 1. The molecule has 0 radical (unpaired) electrons. The maximum atomic E-state index is 14.7. The lowest BCUT2D eigenvalue weighted by Gasteiger charge is -2.30. The Balaban J connectivity index is 1.82. The van der Waals surface area contributed by atoms with E-state index in [1.54, 1.807) is 24.3 Å². The highest BCUT2D eigenvalue weighted by Gasteiger charge is 2.35. The fraction of sp³-hybridized carbons (Fsp3) is 0.304. The van der Waals surface area contributed by atoms with Crippen molar-refractivity contribution in [3.8, 4) is 17.1 Å². The molecule has 1 atom stereocenters. The standard InChI is InChI=1S/C23H23FN4O2S/c1-3-4-9-14-31-23-25-21-20(26-27-23)17-11-6-8-13-19(17)28(15(2)29)22(30-21)16-10-5-7-12-18(16)24/h5-8,10-13,22H,3-4,9,14H2,1-2H3. The Morgan fingerprint density at radius 3 is 2.68 bits per heavy atom. The highest BCUT2D eigenvalue weighted by atomic mass is 32.2. The van der Waals surface area contributed by atoms with Crippen LogP contribution >= 0.6 is 11.8 Å². The summed E-state index contributed by atoms with van der Waals surface area (Å²) in [5.41, 5.74) is 1.91. The number of anilines is 1. The number of benzene rings is 2. The molecule has 2 aromatic carbocycles. The van der Waals surface area contributed by atoms with Crippen LogP contribution in [0.1, 0.15) is 44.9 Å². The number of carbonyl (C=O) groups excluding carboxylic acids is 1. The van der Waals surface area contributed by atoms with Crippen LogP contribution in [0, 0.1) is 5.82 Å². The van der Waals surface area contributed by atoms with Gasteiger partial charge in [-0.1, -0.05) is 67.9 Å². The second-order valence-corrected chi connectivity index (χ2v) is 8.26. The molecule has 160 valence electrons. The summed E-state index contributed by atoms with van der Waals surface area (Å²) in [6, 6.07) is 13.6. The molecule has 31 heavy (non-hydrogen) atoms. The van der Waals surface area contributed by atoms with E-state index in [1.165, 1.54) is 29.7 Å². The molecule has 3 aromatic rings. The van der Waals surface area contributed by atoms with E-state index < -0.39 is 12.0 Å². The summed E-state index contributed by atoms with van der Waals surface area (Å²) in [6.45, 7) is 3.58. The monoisotopic (exact) mass is 438 g/mol. The third kappa shape index (κ3) is 4.39. The number of aromatic nitrogens is 3. The van der Waals surface area contributed by atoms with Gasteiger partial charge in [-0.2, -0.15) is 4.98 Å². The van der Waals surface area contributed by atoms with Gasteiger partial charge in [0.15, 0.2) is 5.69 Å². The molecule has 8 heteroatoms. The van der Waals surface area contributed by atoms with Crippen LogP contribution in [0.4, 0.5) is 10.1 Å². The summed E-state index contributed by atoms with van der Waals surface area (Å²) in [4.78, 5) is 18.7. The molecule has 0 spiro atoms. The Kier molecular flexibility index (Phi) is 6.46. The molecule has 1 unspecified atom stereocenters. The Hall–Kier alpha value is -3.00. The first-order valence-electron chi connectivity index (χ1n) is 10.3. The minimum Gasteiger partial charge on any atom is -0.447 e. The third-order valence-electron chi connectivity index (χ3n) is 5.00. The predicted molar refractivity (Wildman–Crippen MR) is 118 cm³/mol. The first kappa shape index (κ1) is 21.2. The van der Waals surface area contributed by atoms with Crippen LogP contribution in [0.25, 0.3) is 11.3 Å². The van der Waals surface area contributed by atoms with Crippen LogP contribution in [-0.4, -0.2) is 26.8 Å². The number of nitrogens with zero attached hydrogens (tertiary/aromatic N) is 4. The number of carbonyl (C=O) groups is 1. The van der Waals surface area contributed by atoms with Gasteiger partial charge in [-0.3, -0.25) is 9.69 Å². The number of fused-ring (bicyclic) bond motifs is 3. The van der Waals surface area contributed by atoms with Gasteiger partial charge in [0, 0.05) is 23.8 Å². The van der Waals surface area contributed by atoms with Crippen molar-refractivity contribution in [1.82, 2.24) is 15.2 Å². The zero-order chi connectivity index (χ0) is 21.8. The highest BCUT2D eigenvalue weighted by molar-refractivity contribution is 7.99. The summed E-state index contributed by atoms with van der Waals surface area (Å²) >= 11 is 1.51. The van der Waals surface area contributed by atoms with Crippen LogP contribution in [-0.2, 0) is 4.79 Å². The topological polar surface area (TPSA) is 68.2 Å². The molecule has 6 nitrogen and oxygen atoms in total.